The SMILES string of the molecule is CC(C)(CO)NC(=O)c1cc(S(=O)(=O)N2CCOCC2)cs1. The number of aliphatic hydroxyl groups is 1. The van der Waals surface area contributed by atoms with Gasteiger partial charge in [-0.05, 0) is 19.9 Å². The summed E-state index contributed by atoms with van der Waals surface area (Å²) in [5.74, 6) is -0.396. The fourth-order valence-corrected chi connectivity index (χ4v) is 4.48. The minimum absolute atomic E-state index is 0.117. The number of hydrogen-bond acceptors (Lipinski definition) is 6. The van der Waals surface area contributed by atoms with Crippen molar-refractivity contribution >= 4 is 27.3 Å². The van der Waals surface area contributed by atoms with Gasteiger partial charge in [-0.1, -0.05) is 0 Å². The number of thiophene rings is 1. The average Bonchev–Trinajstić information content (AvgIpc) is 2.98. The summed E-state index contributed by atoms with van der Waals surface area (Å²) >= 11 is 1.07. The zero-order chi connectivity index (χ0) is 16.4. The summed E-state index contributed by atoms with van der Waals surface area (Å²) in [5.41, 5.74) is -0.760. The fourth-order valence-electron chi connectivity index (χ4n) is 1.92. The molecule has 0 aliphatic carbocycles. The van der Waals surface area contributed by atoms with Crippen LogP contribution in [0.3, 0.4) is 0 Å². The predicted molar refractivity (Wildman–Crippen MR) is 82.5 cm³/mol. The monoisotopic (exact) mass is 348 g/mol. The van der Waals surface area contributed by atoms with Crippen molar-refractivity contribution in [1.82, 2.24) is 9.62 Å². The van der Waals surface area contributed by atoms with E-state index in [-0.39, 0.29) is 11.5 Å². The molecular formula is C13H20N2O5S2. The lowest BCUT2D eigenvalue weighted by atomic mass is 10.1. The molecule has 0 unspecified atom stereocenters. The van der Waals surface area contributed by atoms with Crippen LogP contribution >= 0.6 is 11.3 Å². The number of sulfonamides is 1. The Hall–Kier alpha value is -1.00. The molecule has 2 rings (SSSR count). The van der Waals surface area contributed by atoms with Gasteiger partial charge in [-0.2, -0.15) is 4.31 Å². The molecule has 1 saturated heterocycles. The van der Waals surface area contributed by atoms with Crippen LogP contribution in [0.15, 0.2) is 16.3 Å². The topological polar surface area (TPSA) is 95.9 Å². The molecule has 9 heteroatoms. The molecule has 0 spiro atoms. The maximum absolute atomic E-state index is 12.5. The van der Waals surface area contributed by atoms with Gasteiger partial charge in [-0.3, -0.25) is 4.79 Å². The number of nitrogens with one attached hydrogen (secondary N) is 1. The molecule has 2 N–H and O–H groups in total. The Morgan fingerprint density at radius 2 is 2.09 bits per heavy atom. The van der Waals surface area contributed by atoms with E-state index in [2.05, 4.69) is 5.32 Å². The molecule has 0 atom stereocenters. The molecule has 0 saturated carbocycles. The first-order chi connectivity index (χ1) is 10.3. The van der Waals surface area contributed by atoms with E-state index in [0.29, 0.717) is 31.2 Å². The van der Waals surface area contributed by atoms with Crippen molar-refractivity contribution < 1.29 is 23.1 Å². The van der Waals surface area contributed by atoms with Gasteiger partial charge in [0.2, 0.25) is 10.0 Å². The third-order valence-electron chi connectivity index (χ3n) is 3.25. The van der Waals surface area contributed by atoms with E-state index in [4.69, 9.17) is 9.84 Å². The number of rotatable bonds is 5. The van der Waals surface area contributed by atoms with Crippen molar-refractivity contribution in [3.05, 3.63) is 16.3 Å². The van der Waals surface area contributed by atoms with E-state index >= 15 is 0 Å². The second-order valence-corrected chi connectivity index (χ2v) is 8.51. The normalized spacial score (nSPS) is 17.4. The van der Waals surface area contributed by atoms with Crippen molar-refractivity contribution in [1.29, 1.82) is 0 Å². The van der Waals surface area contributed by atoms with E-state index < -0.39 is 21.5 Å². The molecule has 1 fully saturated rings. The van der Waals surface area contributed by atoms with E-state index in [0.717, 1.165) is 11.3 Å². The molecular weight excluding hydrogens is 328 g/mol. The number of nitrogens with zero attached hydrogens (tertiary/aromatic N) is 1. The lowest BCUT2D eigenvalue weighted by molar-refractivity contribution is 0.0730. The van der Waals surface area contributed by atoms with E-state index in [1.54, 1.807) is 13.8 Å². The molecule has 124 valence electrons. The Morgan fingerprint density at radius 3 is 2.68 bits per heavy atom. The number of amides is 1. The summed E-state index contributed by atoms with van der Waals surface area (Å²) in [7, 11) is -3.59. The predicted octanol–water partition coefficient (Wildman–Crippen LogP) is 0.270. The molecule has 22 heavy (non-hydrogen) atoms. The second-order valence-electron chi connectivity index (χ2n) is 5.66. The van der Waals surface area contributed by atoms with Crippen molar-refractivity contribution in [2.45, 2.75) is 24.3 Å². The first-order valence-corrected chi connectivity index (χ1v) is 9.18. The van der Waals surface area contributed by atoms with Crippen LogP contribution in [0, 0.1) is 0 Å². The Bertz CT molecular complexity index is 633. The highest BCUT2D eigenvalue weighted by atomic mass is 32.2. The third-order valence-corrected chi connectivity index (χ3v) is 6.21. The van der Waals surface area contributed by atoms with Crippen LogP contribution in [0.1, 0.15) is 23.5 Å². The Morgan fingerprint density at radius 1 is 1.45 bits per heavy atom. The van der Waals surface area contributed by atoms with Gasteiger partial charge >= 0.3 is 0 Å². The molecule has 0 bridgehead atoms. The first kappa shape index (κ1) is 17.4. The molecule has 7 nitrogen and oxygen atoms in total. The lowest BCUT2D eigenvalue weighted by Gasteiger charge is -2.25. The highest BCUT2D eigenvalue weighted by Crippen LogP contribution is 2.23. The highest BCUT2D eigenvalue weighted by Gasteiger charge is 2.29. The van der Waals surface area contributed by atoms with Gasteiger partial charge < -0.3 is 15.2 Å². The molecule has 0 aromatic carbocycles. The number of aliphatic hydroxyl groups excluding tert-OH is 1. The third kappa shape index (κ3) is 3.85. The first-order valence-electron chi connectivity index (χ1n) is 6.86. The lowest BCUT2D eigenvalue weighted by Crippen LogP contribution is -2.46. The van der Waals surface area contributed by atoms with Gasteiger partial charge in [0, 0.05) is 18.5 Å². The number of morpholine rings is 1. The summed E-state index contributed by atoms with van der Waals surface area (Å²) in [6.07, 6.45) is 0. The summed E-state index contributed by atoms with van der Waals surface area (Å²) in [4.78, 5) is 12.5. The van der Waals surface area contributed by atoms with Crippen molar-refractivity contribution in [3.8, 4) is 0 Å². The van der Waals surface area contributed by atoms with E-state index in [1.807, 2.05) is 0 Å². The summed E-state index contributed by atoms with van der Waals surface area (Å²) < 4.78 is 31.4. The molecule has 1 amide bonds. The maximum Gasteiger partial charge on any atom is 0.261 e. The van der Waals surface area contributed by atoms with Crippen LogP contribution in [0.4, 0.5) is 0 Å². The van der Waals surface area contributed by atoms with E-state index in [1.165, 1.54) is 15.8 Å². The Labute approximate surface area is 133 Å². The van der Waals surface area contributed by atoms with Crippen LogP contribution < -0.4 is 5.32 Å². The van der Waals surface area contributed by atoms with Gasteiger partial charge in [-0.25, -0.2) is 8.42 Å². The largest absolute Gasteiger partial charge is 0.394 e. The fraction of sp³-hybridized carbons (Fsp3) is 0.615. The molecule has 1 aliphatic rings. The van der Waals surface area contributed by atoms with E-state index in [9.17, 15) is 13.2 Å². The van der Waals surface area contributed by atoms with Crippen LogP contribution in [-0.4, -0.2) is 62.2 Å². The van der Waals surface area contributed by atoms with Crippen molar-refractivity contribution in [2.75, 3.05) is 32.9 Å². The molecule has 1 aromatic rings. The minimum atomic E-state index is -3.59. The molecule has 1 aliphatic heterocycles. The zero-order valence-electron chi connectivity index (χ0n) is 12.5. The standard InChI is InChI=1S/C13H20N2O5S2/c1-13(2,9-16)14-12(17)11-7-10(8-21-11)22(18,19)15-3-5-20-6-4-15/h7-8,16H,3-6,9H2,1-2H3,(H,14,17). The van der Waals surface area contributed by atoms with Crippen LogP contribution in [0.25, 0.3) is 0 Å². The molecule has 1 aromatic heterocycles. The smallest absolute Gasteiger partial charge is 0.261 e. The highest BCUT2D eigenvalue weighted by molar-refractivity contribution is 7.89. The summed E-state index contributed by atoms with van der Waals surface area (Å²) in [6, 6.07) is 1.37. The van der Waals surface area contributed by atoms with Crippen molar-refractivity contribution in [3.63, 3.8) is 0 Å². The van der Waals surface area contributed by atoms with Gasteiger partial charge in [0.25, 0.3) is 5.91 Å². The average molecular weight is 348 g/mol. The summed E-state index contributed by atoms with van der Waals surface area (Å²) in [5, 5.41) is 13.3. The summed E-state index contributed by atoms with van der Waals surface area (Å²) in [6.45, 7) is 4.55. The van der Waals surface area contributed by atoms with Gasteiger partial charge in [0.1, 0.15) is 0 Å². The minimum Gasteiger partial charge on any atom is -0.394 e. The Kier molecular flexibility index (Phi) is 5.23. The van der Waals surface area contributed by atoms with Crippen LogP contribution in [0.5, 0.6) is 0 Å². The molecule has 0 radical (unpaired) electrons. The van der Waals surface area contributed by atoms with Gasteiger partial charge in [-0.15, -0.1) is 11.3 Å². The van der Waals surface area contributed by atoms with Gasteiger partial charge in [0.05, 0.1) is 35.1 Å². The maximum atomic E-state index is 12.5. The second kappa shape index (κ2) is 6.63. The van der Waals surface area contributed by atoms with Crippen LogP contribution in [0.2, 0.25) is 0 Å². The quantitative estimate of drug-likeness (QED) is 0.796. The number of carbonyl (C=O) groups is 1. The van der Waals surface area contributed by atoms with Crippen molar-refractivity contribution in [2.24, 2.45) is 0 Å². The van der Waals surface area contributed by atoms with Gasteiger partial charge in [0.15, 0.2) is 0 Å². The molecule has 2 heterocycles. The number of hydrogen-bond donors (Lipinski definition) is 2. The number of ether oxygens (including phenoxy) is 1. The number of carbonyl (C=O) groups excluding carboxylic acids is 1. The zero-order valence-corrected chi connectivity index (χ0v) is 14.2. The van der Waals surface area contributed by atoms with Crippen LogP contribution in [-0.2, 0) is 14.8 Å². The Balaban J connectivity index is 2.15.